The van der Waals surface area contributed by atoms with E-state index in [1.54, 1.807) is 7.05 Å². The van der Waals surface area contributed by atoms with Crippen LogP contribution < -0.4 is 11.2 Å². The van der Waals surface area contributed by atoms with E-state index < -0.39 is 11.2 Å². The third-order valence-electron chi connectivity index (χ3n) is 5.76. The molecule has 0 spiro atoms. The first-order valence-electron chi connectivity index (χ1n) is 9.51. The van der Waals surface area contributed by atoms with Crippen molar-refractivity contribution in [3.05, 3.63) is 27.2 Å². The zero-order chi connectivity index (χ0) is 19.9. The fourth-order valence-electron chi connectivity index (χ4n) is 4.11. The zero-order valence-corrected chi connectivity index (χ0v) is 16.6. The SMILES string of the molecule is CC(C)[C@H]1CC[C@@H](C)C[C@@H]1OC(=O)Cn1cnc2c1c(=O)n(C)c(=O)n2C. The van der Waals surface area contributed by atoms with Gasteiger partial charge in [-0.15, -0.1) is 0 Å². The highest BCUT2D eigenvalue weighted by Gasteiger charge is 2.33. The maximum Gasteiger partial charge on any atom is 0.332 e. The van der Waals surface area contributed by atoms with E-state index in [1.807, 2.05) is 0 Å². The monoisotopic (exact) mass is 376 g/mol. The summed E-state index contributed by atoms with van der Waals surface area (Å²) in [6.45, 7) is 6.41. The van der Waals surface area contributed by atoms with Gasteiger partial charge >= 0.3 is 11.7 Å². The average molecular weight is 376 g/mol. The fraction of sp³-hybridized carbons (Fsp3) is 0.684. The summed E-state index contributed by atoms with van der Waals surface area (Å²) in [5.74, 6) is 0.966. The van der Waals surface area contributed by atoms with E-state index in [1.165, 1.54) is 22.5 Å². The van der Waals surface area contributed by atoms with Crippen LogP contribution in [0.5, 0.6) is 0 Å². The second kappa shape index (κ2) is 7.32. The number of aromatic nitrogens is 4. The lowest BCUT2D eigenvalue weighted by atomic mass is 9.75. The molecule has 0 amide bonds. The van der Waals surface area contributed by atoms with Gasteiger partial charge in [-0.05, 0) is 30.6 Å². The molecule has 27 heavy (non-hydrogen) atoms. The van der Waals surface area contributed by atoms with Crippen LogP contribution in [0.4, 0.5) is 0 Å². The Labute approximate surface area is 157 Å². The van der Waals surface area contributed by atoms with Crippen molar-refractivity contribution >= 4 is 17.1 Å². The van der Waals surface area contributed by atoms with Gasteiger partial charge in [0.05, 0.1) is 6.33 Å². The first-order chi connectivity index (χ1) is 12.7. The minimum atomic E-state index is -0.468. The van der Waals surface area contributed by atoms with E-state index in [-0.39, 0.29) is 29.8 Å². The minimum Gasteiger partial charge on any atom is -0.461 e. The predicted octanol–water partition coefficient (Wildman–Crippen LogP) is 1.44. The summed E-state index contributed by atoms with van der Waals surface area (Å²) in [5, 5.41) is 0. The van der Waals surface area contributed by atoms with Gasteiger partial charge in [0.25, 0.3) is 5.56 Å². The van der Waals surface area contributed by atoms with E-state index in [4.69, 9.17) is 4.74 Å². The second-order valence-electron chi connectivity index (χ2n) is 8.10. The number of hydrogen-bond acceptors (Lipinski definition) is 5. The van der Waals surface area contributed by atoms with E-state index in [0.717, 1.165) is 23.8 Å². The molecule has 2 aromatic heterocycles. The summed E-state index contributed by atoms with van der Waals surface area (Å²) in [7, 11) is 2.97. The third kappa shape index (κ3) is 3.57. The smallest absolute Gasteiger partial charge is 0.332 e. The molecule has 1 saturated carbocycles. The molecule has 0 radical (unpaired) electrons. The fourth-order valence-corrected chi connectivity index (χ4v) is 4.11. The number of nitrogens with zero attached hydrogens (tertiary/aromatic N) is 4. The molecular formula is C19H28N4O4. The summed E-state index contributed by atoms with van der Waals surface area (Å²) in [6, 6.07) is 0. The molecule has 0 unspecified atom stereocenters. The van der Waals surface area contributed by atoms with E-state index >= 15 is 0 Å². The molecule has 0 N–H and O–H groups in total. The minimum absolute atomic E-state index is 0.0942. The van der Waals surface area contributed by atoms with Gasteiger partial charge < -0.3 is 9.30 Å². The van der Waals surface area contributed by atoms with Crippen molar-refractivity contribution in [3.63, 3.8) is 0 Å². The molecule has 0 bridgehead atoms. The summed E-state index contributed by atoms with van der Waals surface area (Å²) in [5.41, 5.74) is -0.419. The molecule has 8 heteroatoms. The molecular weight excluding hydrogens is 348 g/mol. The van der Waals surface area contributed by atoms with Crippen molar-refractivity contribution in [1.29, 1.82) is 0 Å². The molecule has 2 heterocycles. The highest BCUT2D eigenvalue weighted by Crippen LogP contribution is 2.35. The van der Waals surface area contributed by atoms with Crippen molar-refractivity contribution < 1.29 is 9.53 Å². The largest absolute Gasteiger partial charge is 0.461 e. The van der Waals surface area contributed by atoms with Gasteiger partial charge in [-0.1, -0.05) is 27.2 Å². The summed E-state index contributed by atoms with van der Waals surface area (Å²) in [4.78, 5) is 41.2. The van der Waals surface area contributed by atoms with Crippen molar-refractivity contribution in [2.45, 2.75) is 52.7 Å². The van der Waals surface area contributed by atoms with Crippen LogP contribution in [-0.2, 0) is 30.2 Å². The van der Waals surface area contributed by atoms with Crippen molar-refractivity contribution in [2.24, 2.45) is 31.8 Å². The Kier molecular flexibility index (Phi) is 5.26. The quantitative estimate of drug-likeness (QED) is 0.754. The third-order valence-corrected chi connectivity index (χ3v) is 5.76. The topological polar surface area (TPSA) is 88.1 Å². The van der Waals surface area contributed by atoms with Gasteiger partial charge in [0.2, 0.25) is 0 Å². The van der Waals surface area contributed by atoms with Crippen LogP contribution in [-0.4, -0.2) is 30.8 Å². The molecule has 3 atom stereocenters. The molecule has 1 aliphatic rings. The molecule has 8 nitrogen and oxygen atoms in total. The van der Waals surface area contributed by atoms with Gasteiger partial charge in [0.15, 0.2) is 11.2 Å². The standard InChI is InChI=1S/C19H28N4O4/c1-11(2)13-7-6-12(3)8-14(13)27-15(24)9-23-10-20-17-16(23)18(25)22(5)19(26)21(17)4/h10-14H,6-9H2,1-5H3/t12-,13-,14+/m1/s1. The summed E-state index contributed by atoms with van der Waals surface area (Å²) >= 11 is 0. The molecule has 2 aromatic rings. The predicted molar refractivity (Wildman–Crippen MR) is 101 cm³/mol. The Balaban J connectivity index is 1.84. The maximum absolute atomic E-state index is 12.6. The van der Waals surface area contributed by atoms with Gasteiger partial charge in [-0.3, -0.25) is 18.7 Å². The van der Waals surface area contributed by atoms with Crippen molar-refractivity contribution in [3.8, 4) is 0 Å². The van der Waals surface area contributed by atoms with Crippen LogP contribution in [0.15, 0.2) is 15.9 Å². The molecule has 0 aromatic carbocycles. The second-order valence-corrected chi connectivity index (χ2v) is 8.10. The van der Waals surface area contributed by atoms with Crippen LogP contribution in [0.1, 0.15) is 40.0 Å². The van der Waals surface area contributed by atoms with Crippen molar-refractivity contribution in [1.82, 2.24) is 18.7 Å². The Morgan fingerprint density at radius 2 is 1.96 bits per heavy atom. The number of fused-ring (bicyclic) bond motifs is 1. The lowest BCUT2D eigenvalue weighted by Crippen LogP contribution is -2.38. The lowest BCUT2D eigenvalue weighted by Gasteiger charge is -2.36. The average Bonchev–Trinajstić information content (AvgIpc) is 3.01. The number of rotatable bonds is 4. The highest BCUT2D eigenvalue weighted by atomic mass is 16.5. The lowest BCUT2D eigenvalue weighted by molar-refractivity contribution is -0.156. The Morgan fingerprint density at radius 3 is 2.63 bits per heavy atom. The van der Waals surface area contributed by atoms with Crippen LogP contribution >= 0.6 is 0 Å². The summed E-state index contributed by atoms with van der Waals surface area (Å²) in [6.07, 6.45) is 4.41. The molecule has 3 rings (SSSR count). The number of carbonyl (C=O) groups is 1. The Bertz CT molecular complexity index is 968. The number of carbonyl (C=O) groups excluding carboxylic acids is 1. The Hall–Kier alpha value is -2.38. The molecule has 0 saturated heterocycles. The Morgan fingerprint density at radius 1 is 1.26 bits per heavy atom. The number of imidazole rings is 1. The first-order valence-corrected chi connectivity index (χ1v) is 9.51. The van der Waals surface area contributed by atoms with E-state index in [0.29, 0.717) is 17.8 Å². The van der Waals surface area contributed by atoms with Gasteiger partial charge in [-0.2, -0.15) is 0 Å². The highest BCUT2D eigenvalue weighted by molar-refractivity contribution is 5.75. The van der Waals surface area contributed by atoms with Crippen LogP contribution in [0, 0.1) is 17.8 Å². The molecule has 1 aliphatic carbocycles. The molecule has 1 fully saturated rings. The zero-order valence-electron chi connectivity index (χ0n) is 16.6. The van der Waals surface area contributed by atoms with E-state index in [9.17, 15) is 14.4 Å². The van der Waals surface area contributed by atoms with Crippen LogP contribution in [0.2, 0.25) is 0 Å². The number of hydrogen-bond donors (Lipinski definition) is 0. The van der Waals surface area contributed by atoms with Gasteiger partial charge in [-0.25, -0.2) is 9.78 Å². The number of esters is 1. The number of ether oxygens (including phenoxy) is 1. The summed E-state index contributed by atoms with van der Waals surface area (Å²) < 4.78 is 9.60. The van der Waals surface area contributed by atoms with Crippen LogP contribution in [0.25, 0.3) is 11.2 Å². The van der Waals surface area contributed by atoms with E-state index in [2.05, 4.69) is 25.8 Å². The van der Waals surface area contributed by atoms with Crippen molar-refractivity contribution in [2.75, 3.05) is 0 Å². The molecule has 148 valence electrons. The normalized spacial score (nSPS) is 23.1. The first kappa shape index (κ1) is 19.4. The number of aryl methyl sites for hydroxylation is 1. The van der Waals surface area contributed by atoms with Gasteiger partial charge in [0.1, 0.15) is 12.6 Å². The maximum atomic E-state index is 12.6. The van der Waals surface area contributed by atoms with Crippen LogP contribution in [0.3, 0.4) is 0 Å². The molecule has 0 aliphatic heterocycles. The van der Waals surface area contributed by atoms with Gasteiger partial charge in [0, 0.05) is 14.1 Å².